The molecular formula is C16H19IO6. The number of hydrogen-bond donors (Lipinski definition) is 1. The summed E-state index contributed by atoms with van der Waals surface area (Å²) in [5.41, 5.74) is 0.442. The first-order valence-corrected chi connectivity index (χ1v) is 8.95. The van der Waals surface area contributed by atoms with Crippen molar-refractivity contribution in [2.24, 2.45) is 0 Å². The van der Waals surface area contributed by atoms with E-state index in [9.17, 15) is 9.90 Å². The molecule has 0 spiro atoms. The summed E-state index contributed by atoms with van der Waals surface area (Å²) in [4.78, 5) is 12.3. The Morgan fingerprint density at radius 1 is 1.35 bits per heavy atom. The zero-order valence-electron chi connectivity index (χ0n) is 12.8. The fraction of sp³-hybridized carbons (Fsp3) is 0.562. The zero-order chi connectivity index (χ0) is 16.6. The summed E-state index contributed by atoms with van der Waals surface area (Å²) in [5.74, 6) is -1.29. The maximum atomic E-state index is 12.3. The summed E-state index contributed by atoms with van der Waals surface area (Å²) in [5, 5.41) is 10.2. The quantitative estimate of drug-likeness (QED) is 0.444. The maximum Gasteiger partial charge on any atom is 0.338 e. The van der Waals surface area contributed by atoms with Crippen LogP contribution in [0.25, 0.3) is 0 Å². The second-order valence-corrected chi connectivity index (χ2v) is 6.91. The topological polar surface area (TPSA) is 74.2 Å². The molecule has 126 valence electrons. The molecule has 0 aromatic heterocycles. The van der Waals surface area contributed by atoms with Gasteiger partial charge in [-0.3, -0.25) is 0 Å². The molecule has 0 radical (unpaired) electrons. The van der Waals surface area contributed by atoms with E-state index in [1.54, 1.807) is 38.1 Å². The molecule has 2 fully saturated rings. The maximum absolute atomic E-state index is 12.3. The second kappa shape index (κ2) is 6.64. The molecule has 0 unspecified atom stereocenters. The minimum Gasteiger partial charge on any atom is -0.453 e. The average Bonchev–Trinajstić information content (AvgIpc) is 3.00. The number of fused-ring (bicyclic) bond motifs is 1. The van der Waals surface area contributed by atoms with Crippen molar-refractivity contribution in [3.8, 4) is 0 Å². The van der Waals surface area contributed by atoms with Crippen molar-refractivity contribution in [1.82, 2.24) is 0 Å². The lowest BCUT2D eigenvalue weighted by atomic mass is 10.1. The van der Waals surface area contributed by atoms with Gasteiger partial charge in [0.2, 0.25) is 0 Å². The molecule has 7 heteroatoms. The van der Waals surface area contributed by atoms with Gasteiger partial charge in [0.25, 0.3) is 0 Å². The van der Waals surface area contributed by atoms with Crippen LogP contribution < -0.4 is 0 Å². The Kier molecular flexibility index (Phi) is 4.93. The summed E-state index contributed by atoms with van der Waals surface area (Å²) >= 11 is 2.06. The zero-order valence-corrected chi connectivity index (χ0v) is 15.0. The van der Waals surface area contributed by atoms with Gasteiger partial charge in [0.05, 0.1) is 11.7 Å². The highest BCUT2D eigenvalue weighted by Crippen LogP contribution is 2.40. The lowest BCUT2D eigenvalue weighted by Gasteiger charge is -2.27. The number of aliphatic hydroxyl groups is 1. The normalized spacial score (nSPS) is 33.2. The Labute approximate surface area is 148 Å². The van der Waals surface area contributed by atoms with E-state index in [-0.39, 0.29) is 0 Å². The molecule has 0 saturated carbocycles. The van der Waals surface area contributed by atoms with Gasteiger partial charge in [0, 0.05) is 4.43 Å². The number of esters is 1. The van der Waals surface area contributed by atoms with Gasteiger partial charge in [-0.25, -0.2) is 4.79 Å². The van der Waals surface area contributed by atoms with Crippen molar-refractivity contribution in [1.29, 1.82) is 0 Å². The van der Waals surface area contributed by atoms with Gasteiger partial charge in [-0.2, -0.15) is 0 Å². The summed E-state index contributed by atoms with van der Waals surface area (Å²) in [7, 11) is 0. The SMILES string of the molecule is CC1(C)O[C@H]2O[C@H]([C@H](O)CI)[C@@H](OC(=O)c3ccccc3)[C@H]2O1. The molecule has 5 atom stereocenters. The number of ether oxygens (including phenoxy) is 4. The molecule has 3 rings (SSSR count). The van der Waals surface area contributed by atoms with Crippen LogP contribution in [0.15, 0.2) is 30.3 Å². The Morgan fingerprint density at radius 2 is 2.04 bits per heavy atom. The molecular weight excluding hydrogens is 415 g/mol. The first kappa shape index (κ1) is 17.1. The number of aliphatic hydroxyl groups excluding tert-OH is 1. The van der Waals surface area contributed by atoms with Crippen LogP contribution in [0, 0.1) is 0 Å². The van der Waals surface area contributed by atoms with Crippen LogP contribution in [0.4, 0.5) is 0 Å². The van der Waals surface area contributed by atoms with Crippen molar-refractivity contribution in [2.75, 3.05) is 4.43 Å². The molecule has 6 nitrogen and oxygen atoms in total. The van der Waals surface area contributed by atoms with Crippen molar-refractivity contribution in [3.05, 3.63) is 35.9 Å². The largest absolute Gasteiger partial charge is 0.453 e. The van der Waals surface area contributed by atoms with E-state index in [1.165, 1.54) is 0 Å². The molecule has 1 aromatic carbocycles. The monoisotopic (exact) mass is 434 g/mol. The van der Waals surface area contributed by atoms with E-state index in [2.05, 4.69) is 22.6 Å². The predicted molar refractivity (Wildman–Crippen MR) is 89.2 cm³/mol. The highest BCUT2D eigenvalue weighted by molar-refractivity contribution is 14.1. The fourth-order valence-electron chi connectivity index (χ4n) is 2.80. The Balaban J connectivity index is 1.79. The standard InChI is InChI=1S/C16H19IO6/c1-16(2)22-13-12(11(10(18)8-17)21-15(13)23-16)20-14(19)9-6-4-3-5-7-9/h3-7,10-13,15,18H,8H2,1-2H3/t10-,11-,12-,13-,15-/m1/s1. The third-order valence-electron chi connectivity index (χ3n) is 3.82. The molecule has 2 aliphatic heterocycles. The molecule has 1 aromatic rings. The average molecular weight is 434 g/mol. The molecule has 2 heterocycles. The summed E-state index contributed by atoms with van der Waals surface area (Å²) in [6, 6.07) is 8.70. The van der Waals surface area contributed by atoms with Gasteiger partial charge >= 0.3 is 5.97 Å². The molecule has 0 amide bonds. The third-order valence-corrected chi connectivity index (χ3v) is 4.72. The van der Waals surface area contributed by atoms with Gasteiger partial charge in [0.15, 0.2) is 24.3 Å². The lowest BCUT2D eigenvalue weighted by Crippen LogP contribution is -2.44. The smallest absolute Gasteiger partial charge is 0.338 e. The van der Waals surface area contributed by atoms with Crippen molar-refractivity contribution < 1.29 is 28.8 Å². The molecule has 23 heavy (non-hydrogen) atoms. The Bertz CT molecular complexity index is 563. The summed E-state index contributed by atoms with van der Waals surface area (Å²) in [6.45, 7) is 3.54. The summed E-state index contributed by atoms with van der Waals surface area (Å²) < 4.78 is 23.3. The first-order valence-electron chi connectivity index (χ1n) is 7.42. The van der Waals surface area contributed by atoms with Crippen molar-refractivity contribution >= 4 is 28.6 Å². The van der Waals surface area contributed by atoms with E-state index in [1.807, 2.05) is 6.07 Å². The van der Waals surface area contributed by atoms with Crippen LogP contribution in [0.1, 0.15) is 24.2 Å². The van der Waals surface area contributed by atoms with Crippen LogP contribution in [-0.4, -0.2) is 52.0 Å². The lowest BCUT2D eigenvalue weighted by molar-refractivity contribution is -0.224. The molecule has 0 aliphatic carbocycles. The highest BCUT2D eigenvalue weighted by atomic mass is 127. The number of benzene rings is 1. The number of alkyl halides is 1. The molecule has 2 saturated heterocycles. The number of carbonyl (C=O) groups is 1. The number of hydrogen-bond acceptors (Lipinski definition) is 6. The van der Waals surface area contributed by atoms with Gasteiger partial charge in [-0.15, -0.1) is 0 Å². The number of rotatable bonds is 4. The third kappa shape index (κ3) is 3.53. The van der Waals surface area contributed by atoms with Gasteiger partial charge in [-0.1, -0.05) is 40.8 Å². The van der Waals surface area contributed by atoms with Crippen LogP contribution in [0.5, 0.6) is 0 Å². The van der Waals surface area contributed by atoms with Crippen LogP contribution in [-0.2, 0) is 18.9 Å². The molecule has 2 aliphatic rings. The van der Waals surface area contributed by atoms with Gasteiger partial charge < -0.3 is 24.1 Å². The molecule has 0 bridgehead atoms. The predicted octanol–water partition coefficient (Wildman–Crippen LogP) is 1.88. The van der Waals surface area contributed by atoms with Crippen molar-refractivity contribution in [3.63, 3.8) is 0 Å². The minimum absolute atomic E-state index is 0.442. The van der Waals surface area contributed by atoms with Crippen LogP contribution in [0.2, 0.25) is 0 Å². The van der Waals surface area contributed by atoms with Crippen LogP contribution in [0.3, 0.4) is 0 Å². The Hall–Kier alpha value is -0.740. The van der Waals surface area contributed by atoms with E-state index in [0.29, 0.717) is 9.99 Å². The number of halogens is 1. The van der Waals surface area contributed by atoms with Crippen LogP contribution >= 0.6 is 22.6 Å². The first-order chi connectivity index (χ1) is 10.9. The number of carbonyl (C=O) groups excluding carboxylic acids is 1. The summed E-state index contributed by atoms with van der Waals surface area (Å²) in [6.07, 6.45) is -3.38. The minimum atomic E-state index is -0.813. The van der Waals surface area contributed by atoms with E-state index < -0.39 is 42.5 Å². The highest BCUT2D eigenvalue weighted by Gasteiger charge is 2.58. The van der Waals surface area contributed by atoms with Gasteiger partial charge in [0.1, 0.15) is 6.10 Å². The van der Waals surface area contributed by atoms with E-state index >= 15 is 0 Å². The second-order valence-electron chi connectivity index (χ2n) is 6.03. The fourth-order valence-corrected chi connectivity index (χ4v) is 3.30. The molecule has 1 N–H and O–H groups in total. The van der Waals surface area contributed by atoms with Crippen molar-refractivity contribution in [2.45, 2.75) is 50.3 Å². The van der Waals surface area contributed by atoms with Gasteiger partial charge in [-0.05, 0) is 26.0 Å². The van der Waals surface area contributed by atoms with E-state index in [4.69, 9.17) is 18.9 Å². The Morgan fingerprint density at radius 3 is 2.70 bits per heavy atom. The van der Waals surface area contributed by atoms with E-state index in [0.717, 1.165) is 0 Å².